The highest BCUT2D eigenvalue weighted by Crippen LogP contribution is 2.31. The van der Waals surface area contributed by atoms with Crippen molar-refractivity contribution in [2.24, 2.45) is 11.8 Å². The Morgan fingerprint density at radius 1 is 1.05 bits per heavy atom. The predicted molar refractivity (Wildman–Crippen MR) is 79.1 cm³/mol. The Morgan fingerprint density at radius 3 is 2.63 bits per heavy atom. The Kier molecular flexibility index (Phi) is 3.36. The molecule has 1 saturated carbocycles. The lowest BCUT2D eigenvalue weighted by molar-refractivity contribution is 0.276. The van der Waals surface area contributed by atoms with E-state index < -0.39 is 0 Å². The first-order valence-corrected chi connectivity index (χ1v) is 7.19. The van der Waals surface area contributed by atoms with Gasteiger partial charge in [-0.15, -0.1) is 0 Å². The van der Waals surface area contributed by atoms with Gasteiger partial charge < -0.3 is 5.32 Å². The van der Waals surface area contributed by atoms with E-state index in [9.17, 15) is 0 Å². The van der Waals surface area contributed by atoms with Crippen LogP contribution in [0.1, 0.15) is 33.1 Å². The molecule has 1 aliphatic rings. The topological polar surface area (TPSA) is 37.8 Å². The van der Waals surface area contributed by atoms with Crippen molar-refractivity contribution in [1.82, 2.24) is 9.97 Å². The van der Waals surface area contributed by atoms with Crippen molar-refractivity contribution in [1.29, 1.82) is 0 Å². The Morgan fingerprint density at radius 2 is 1.84 bits per heavy atom. The van der Waals surface area contributed by atoms with Gasteiger partial charge in [-0.2, -0.15) is 0 Å². The molecular formula is C16H21N3. The van der Waals surface area contributed by atoms with E-state index in [1.54, 1.807) is 12.4 Å². The van der Waals surface area contributed by atoms with Crippen LogP contribution in [0.15, 0.2) is 30.6 Å². The summed E-state index contributed by atoms with van der Waals surface area (Å²) in [6, 6.07) is 6.85. The maximum absolute atomic E-state index is 4.36. The molecule has 100 valence electrons. The van der Waals surface area contributed by atoms with E-state index in [1.165, 1.54) is 24.9 Å². The summed E-state index contributed by atoms with van der Waals surface area (Å²) in [5.74, 6) is 1.61. The summed E-state index contributed by atoms with van der Waals surface area (Å²) in [7, 11) is 0. The SMILES string of the molecule is CC1CCC(Nc2ccc3nccnc3c2)C(C)C1. The molecule has 3 heteroatoms. The van der Waals surface area contributed by atoms with Crippen molar-refractivity contribution in [3.63, 3.8) is 0 Å². The van der Waals surface area contributed by atoms with Crippen molar-refractivity contribution in [2.75, 3.05) is 5.32 Å². The number of rotatable bonds is 2. The summed E-state index contributed by atoms with van der Waals surface area (Å²) in [6.45, 7) is 4.71. The Labute approximate surface area is 114 Å². The third-order valence-corrected chi connectivity index (χ3v) is 4.25. The molecule has 1 aromatic heterocycles. The molecule has 3 unspecified atom stereocenters. The molecule has 2 aromatic rings. The summed E-state index contributed by atoms with van der Waals surface area (Å²) in [6.07, 6.45) is 7.40. The highest BCUT2D eigenvalue weighted by molar-refractivity contribution is 5.78. The van der Waals surface area contributed by atoms with Crippen molar-refractivity contribution in [3.05, 3.63) is 30.6 Å². The third-order valence-electron chi connectivity index (χ3n) is 4.25. The van der Waals surface area contributed by atoms with Crippen LogP contribution in [0.5, 0.6) is 0 Å². The van der Waals surface area contributed by atoms with E-state index in [4.69, 9.17) is 0 Å². The summed E-state index contributed by atoms with van der Waals surface area (Å²) >= 11 is 0. The molecule has 3 rings (SSSR count). The van der Waals surface area contributed by atoms with Crippen molar-refractivity contribution >= 4 is 16.7 Å². The molecule has 3 nitrogen and oxygen atoms in total. The lowest BCUT2D eigenvalue weighted by atomic mass is 9.80. The molecule has 1 aromatic carbocycles. The maximum Gasteiger partial charge on any atom is 0.0907 e. The highest BCUT2D eigenvalue weighted by atomic mass is 14.9. The molecule has 0 saturated heterocycles. The fourth-order valence-corrected chi connectivity index (χ4v) is 3.15. The number of fused-ring (bicyclic) bond motifs is 1. The van der Waals surface area contributed by atoms with Gasteiger partial charge in [-0.3, -0.25) is 9.97 Å². The van der Waals surface area contributed by atoms with Crippen LogP contribution in [0.4, 0.5) is 5.69 Å². The van der Waals surface area contributed by atoms with Gasteiger partial charge in [-0.05, 0) is 49.3 Å². The van der Waals surface area contributed by atoms with Crippen LogP contribution in [-0.4, -0.2) is 16.0 Å². The third kappa shape index (κ3) is 2.70. The fraction of sp³-hybridized carbons (Fsp3) is 0.500. The Hall–Kier alpha value is -1.64. The van der Waals surface area contributed by atoms with Crippen molar-refractivity contribution in [3.8, 4) is 0 Å². The van der Waals surface area contributed by atoms with E-state index >= 15 is 0 Å². The fourth-order valence-electron chi connectivity index (χ4n) is 3.15. The van der Waals surface area contributed by atoms with Gasteiger partial charge in [0.05, 0.1) is 11.0 Å². The molecule has 1 aliphatic carbocycles. The van der Waals surface area contributed by atoms with E-state index in [0.29, 0.717) is 6.04 Å². The minimum Gasteiger partial charge on any atom is -0.382 e. The highest BCUT2D eigenvalue weighted by Gasteiger charge is 2.25. The molecule has 3 atom stereocenters. The molecule has 0 bridgehead atoms. The number of anilines is 1. The van der Waals surface area contributed by atoms with Crippen LogP contribution in [-0.2, 0) is 0 Å². The molecule has 0 spiro atoms. The quantitative estimate of drug-likeness (QED) is 0.885. The lowest BCUT2D eigenvalue weighted by Gasteiger charge is -2.33. The van der Waals surface area contributed by atoms with Gasteiger partial charge in [-0.1, -0.05) is 13.8 Å². The molecule has 0 radical (unpaired) electrons. The van der Waals surface area contributed by atoms with Gasteiger partial charge in [0, 0.05) is 24.1 Å². The van der Waals surface area contributed by atoms with Crippen LogP contribution in [0.25, 0.3) is 11.0 Å². The number of aromatic nitrogens is 2. The summed E-state index contributed by atoms with van der Waals surface area (Å²) in [5, 5.41) is 3.68. The smallest absolute Gasteiger partial charge is 0.0907 e. The van der Waals surface area contributed by atoms with Crippen LogP contribution in [0.2, 0.25) is 0 Å². The molecule has 1 N–H and O–H groups in total. The maximum atomic E-state index is 4.36. The minimum atomic E-state index is 0.588. The molecule has 0 aliphatic heterocycles. The van der Waals surface area contributed by atoms with E-state index in [-0.39, 0.29) is 0 Å². The van der Waals surface area contributed by atoms with E-state index in [0.717, 1.165) is 22.9 Å². The van der Waals surface area contributed by atoms with Crippen LogP contribution < -0.4 is 5.32 Å². The largest absolute Gasteiger partial charge is 0.382 e. The average Bonchev–Trinajstić information content (AvgIpc) is 2.42. The molecule has 0 amide bonds. The van der Waals surface area contributed by atoms with Gasteiger partial charge in [0.25, 0.3) is 0 Å². The van der Waals surface area contributed by atoms with Gasteiger partial charge in [0.15, 0.2) is 0 Å². The number of nitrogens with one attached hydrogen (secondary N) is 1. The second-order valence-corrected chi connectivity index (χ2v) is 5.91. The summed E-state index contributed by atoms with van der Waals surface area (Å²) in [5.41, 5.74) is 3.09. The van der Waals surface area contributed by atoms with Gasteiger partial charge in [0.1, 0.15) is 0 Å². The summed E-state index contributed by atoms with van der Waals surface area (Å²) < 4.78 is 0. The van der Waals surface area contributed by atoms with Crippen molar-refractivity contribution in [2.45, 2.75) is 39.2 Å². The van der Waals surface area contributed by atoms with Crippen LogP contribution in [0, 0.1) is 11.8 Å². The average molecular weight is 255 g/mol. The van der Waals surface area contributed by atoms with Gasteiger partial charge in [0.2, 0.25) is 0 Å². The second kappa shape index (κ2) is 5.16. The molecule has 1 heterocycles. The summed E-state index contributed by atoms with van der Waals surface area (Å²) in [4.78, 5) is 8.67. The standard InChI is InChI=1S/C16H21N3/c1-11-3-5-14(12(2)9-11)19-13-4-6-15-16(10-13)18-8-7-17-15/h4,6-8,10-12,14,19H,3,5,9H2,1-2H3. The number of hydrogen-bond donors (Lipinski definition) is 1. The Balaban J connectivity index is 1.77. The number of benzene rings is 1. The lowest BCUT2D eigenvalue weighted by Crippen LogP contribution is -2.32. The zero-order chi connectivity index (χ0) is 13.2. The Bertz CT molecular complexity index is 567. The molecule has 1 fully saturated rings. The number of nitrogens with zero attached hydrogens (tertiary/aromatic N) is 2. The molecular weight excluding hydrogens is 234 g/mol. The molecule has 19 heavy (non-hydrogen) atoms. The first-order valence-electron chi connectivity index (χ1n) is 7.19. The zero-order valence-corrected chi connectivity index (χ0v) is 11.6. The van der Waals surface area contributed by atoms with Gasteiger partial charge in [-0.25, -0.2) is 0 Å². The van der Waals surface area contributed by atoms with Gasteiger partial charge >= 0.3 is 0 Å². The second-order valence-electron chi connectivity index (χ2n) is 5.91. The number of hydrogen-bond acceptors (Lipinski definition) is 3. The zero-order valence-electron chi connectivity index (χ0n) is 11.6. The normalized spacial score (nSPS) is 27.4. The van der Waals surface area contributed by atoms with E-state index in [2.05, 4.69) is 41.3 Å². The minimum absolute atomic E-state index is 0.588. The first kappa shape index (κ1) is 12.4. The monoisotopic (exact) mass is 255 g/mol. The predicted octanol–water partition coefficient (Wildman–Crippen LogP) is 3.87. The van der Waals surface area contributed by atoms with Crippen molar-refractivity contribution < 1.29 is 0 Å². The van der Waals surface area contributed by atoms with Crippen LogP contribution >= 0.6 is 0 Å². The first-order chi connectivity index (χ1) is 9.22. The van der Waals surface area contributed by atoms with E-state index in [1.807, 2.05) is 6.07 Å². The van der Waals surface area contributed by atoms with Crippen LogP contribution in [0.3, 0.4) is 0 Å².